The van der Waals surface area contributed by atoms with Gasteiger partial charge in [0, 0.05) is 18.6 Å². The lowest BCUT2D eigenvalue weighted by molar-refractivity contribution is 0.315. The van der Waals surface area contributed by atoms with Crippen LogP contribution < -0.4 is 5.73 Å². The molecule has 1 aromatic rings. The van der Waals surface area contributed by atoms with E-state index in [0.29, 0.717) is 17.4 Å². The fourth-order valence-corrected chi connectivity index (χ4v) is 4.89. The minimum atomic E-state index is -3.42. The molecule has 1 aromatic carbocycles. The first-order valence-corrected chi connectivity index (χ1v) is 9.19. The van der Waals surface area contributed by atoms with Gasteiger partial charge in [-0.1, -0.05) is 32.9 Å². The summed E-state index contributed by atoms with van der Waals surface area (Å²) in [4.78, 5) is 0.372. The molecule has 1 aliphatic heterocycles. The van der Waals surface area contributed by atoms with Crippen LogP contribution in [0.1, 0.15) is 51.6 Å². The van der Waals surface area contributed by atoms with Crippen LogP contribution in [0.15, 0.2) is 29.2 Å². The number of benzene rings is 1. The van der Waals surface area contributed by atoms with Crippen LogP contribution >= 0.6 is 0 Å². The minimum Gasteiger partial charge on any atom is -0.324 e. The Hall–Kier alpha value is -0.910. The second kappa shape index (κ2) is 6.46. The fourth-order valence-electron chi connectivity index (χ4n) is 3.01. The highest BCUT2D eigenvalue weighted by Gasteiger charge is 2.36. The van der Waals surface area contributed by atoms with Crippen molar-refractivity contribution < 1.29 is 8.42 Å². The molecule has 1 heterocycles. The van der Waals surface area contributed by atoms with Crippen molar-refractivity contribution in [2.24, 2.45) is 11.7 Å². The minimum absolute atomic E-state index is 0.110. The van der Waals surface area contributed by atoms with Crippen molar-refractivity contribution in [3.8, 4) is 0 Å². The SMILES string of the molecule is CCC(N)c1cccc(S(=O)(=O)N2CCCC2C(C)C)c1. The lowest BCUT2D eigenvalue weighted by Gasteiger charge is -2.27. The highest BCUT2D eigenvalue weighted by molar-refractivity contribution is 7.89. The third-order valence-electron chi connectivity index (χ3n) is 4.35. The predicted octanol–water partition coefficient (Wildman–Crippen LogP) is 2.91. The predicted molar refractivity (Wildman–Crippen MR) is 85.4 cm³/mol. The van der Waals surface area contributed by atoms with Crippen LogP contribution in [0.25, 0.3) is 0 Å². The summed E-state index contributed by atoms with van der Waals surface area (Å²) in [6.07, 6.45) is 2.68. The molecule has 0 bridgehead atoms. The van der Waals surface area contributed by atoms with E-state index >= 15 is 0 Å². The summed E-state index contributed by atoms with van der Waals surface area (Å²) in [6, 6.07) is 7.10. The van der Waals surface area contributed by atoms with Crippen molar-refractivity contribution >= 4 is 10.0 Å². The lowest BCUT2D eigenvalue weighted by atomic mass is 10.0. The van der Waals surface area contributed by atoms with Crippen molar-refractivity contribution in [2.45, 2.75) is 57.0 Å². The van der Waals surface area contributed by atoms with Crippen LogP contribution in [-0.2, 0) is 10.0 Å². The Labute approximate surface area is 128 Å². The van der Waals surface area contributed by atoms with Gasteiger partial charge in [0.1, 0.15) is 0 Å². The van der Waals surface area contributed by atoms with Crippen LogP contribution in [0.3, 0.4) is 0 Å². The number of sulfonamides is 1. The molecule has 2 N–H and O–H groups in total. The van der Waals surface area contributed by atoms with Crippen LogP contribution in [0, 0.1) is 5.92 Å². The van der Waals surface area contributed by atoms with E-state index in [0.717, 1.165) is 24.8 Å². The average molecular weight is 310 g/mol. The Bertz CT molecular complexity index is 584. The molecule has 1 aliphatic rings. The van der Waals surface area contributed by atoms with Gasteiger partial charge in [-0.2, -0.15) is 4.31 Å². The Morgan fingerprint density at radius 2 is 2.10 bits per heavy atom. The fraction of sp³-hybridized carbons (Fsp3) is 0.625. The molecule has 0 spiro atoms. The van der Waals surface area contributed by atoms with Gasteiger partial charge in [-0.3, -0.25) is 0 Å². The molecule has 2 unspecified atom stereocenters. The molecule has 2 rings (SSSR count). The zero-order chi connectivity index (χ0) is 15.6. The number of nitrogens with zero attached hydrogens (tertiary/aromatic N) is 1. The molecule has 0 amide bonds. The van der Waals surface area contributed by atoms with E-state index in [1.807, 2.05) is 13.0 Å². The highest BCUT2D eigenvalue weighted by Crippen LogP contribution is 2.30. The van der Waals surface area contributed by atoms with Crippen molar-refractivity contribution in [1.82, 2.24) is 4.31 Å². The van der Waals surface area contributed by atoms with Crippen LogP contribution in [0.2, 0.25) is 0 Å². The molecule has 2 atom stereocenters. The third-order valence-corrected chi connectivity index (χ3v) is 6.27. The van der Waals surface area contributed by atoms with Crippen molar-refractivity contribution in [3.63, 3.8) is 0 Å². The maximum absolute atomic E-state index is 12.9. The van der Waals surface area contributed by atoms with Crippen molar-refractivity contribution in [3.05, 3.63) is 29.8 Å². The van der Waals surface area contributed by atoms with Gasteiger partial charge < -0.3 is 5.73 Å². The molecule has 5 heteroatoms. The number of hydrogen-bond acceptors (Lipinski definition) is 3. The molecule has 0 aliphatic carbocycles. The molecule has 118 valence electrons. The monoisotopic (exact) mass is 310 g/mol. The smallest absolute Gasteiger partial charge is 0.243 e. The maximum Gasteiger partial charge on any atom is 0.243 e. The van der Waals surface area contributed by atoms with Gasteiger partial charge in [0.2, 0.25) is 10.0 Å². The number of hydrogen-bond donors (Lipinski definition) is 1. The zero-order valence-corrected chi connectivity index (χ0v) is 13.9. The van der Waals surface area contributed by atoms with Crippen LogP contribution in [-0.4, -0.2) is 25.3 Å². The first-order chi connectivity index (χ1) is 9.87. The van der Waals surface area contributed by atoms with Crippen LogP contribution in [0.4, 0.5) is 0 Å². The second-order valence-corrected chi connectivity index (χ2v) is 8.05. The first-order valence-electron chi connectivity index (χ1n) is 7.75. The topological polar surface area (TPSA) is 63.4 Å². The first kappa shape index (κ1) is 16.5. The van der Waals surface area contributed by atoms with Gasteiger partial charge in [0.25, 0.3) is 0 Å². The number of nitrogens with two attached hydrogens (primary N) is 1. The molecule has 1 saturated heterocycles. The summed E-state index contributed by atoms with van der Waals surface area (Å²) in [5.41, 5.74) is 6.91. The maximum atomic E-state index is 12.9. The van der Waals surface area contributed by atoms with Crippen molar-refractivity contribution in [2.75, 3.05) is 6.54 Å². The summed E-state index contributed by atoms with van der Waals surface area (Å²) in [5.74, 6) is 0.336. The Balaban J connectivity index is 2.35. The van der Waals surface area contributed by atoms with Gasteiger partial charge in [-0.15, -0.1) is 0 Å². The quantitative estimate of drug-likeness (QED) is 0.909. The van der Waals surface area contributed by atoms with E-state index in [2.05, 4.69) is 13.8 Å². The molecule has 1 fully saturated rings. The Morgan fingerprint density at radius 1 is 1.38 bits per heavy atom. The van der Waals surface area contributed by atoms with Gasteiger partial charge in [0.15, 0.2) is 0 Å². The van der Waals surface area contributed by atoms with Gasteiger partial charge in [-0.05, 0) is 42.9 Å². The lowest BCUT2D eigenvalue weighted by Crippen LogP contribution is -2.38. The molecule has 0 radical (unpaired) electrons. The second-order valence-electron chi connectivity index (χ2n) is 6.16. The largest absolute Gasteiger partial charge is 0.324 e. The van der Waals surface area contributed by atoms with E-state index in [-0.39, 0.29) is 12.1 Å². The summed E-state index contributed by atoms with van der Waals surface area (Å²) in [6.45, 7) is 6.79. The van der Waals surface area contributed by atoms with E-state index in [1.54, 1.807) is 22.5 Å². The van der Waals surface area contributed by atoms with E-state index < -0.39 is 10.0 Å². The summed E-state index contributed by atoms with van der Waals surface area (Å²) >= 11 is 0. The standard InChI is InChI=1S/C16H26N2O2S/c1-4-15(17)13-7-5-8-14(11-13)21(19,20)18-10-6-9-16(18)12(2)3/h5,7-8,11-12,15-16H,4,6,9-10,17H2,1-3H3. The Morgan fingerprint density at radius 3 is 2.71 bits per heavy atom. The van der Waals surface area contributed by atoms with E-state index in [9.17, 15) is 8.42 Å². The van der Waals surface area contributed by atoms with Crippen molar-refractivity contribution in [1.29, 1.82) is 0 Å². The number of rotatable bonds is 5. The molecule has 0 aromatic heterocycles. The van der Waals surface area contributed by atoms with Crippen LogP contribution in [0.5, 0.6) is 0 Å². The summed E-state index contributed by atoms with van der Waals surface area (Å²) in [7, 11) is -3.42. The van der Waals surface area contributed by atoms with E-state index in [4.69, 9.17) is 5.73 Å². The summed E-state index contributed by atoms with van der Waals surface area (Å²) < 4.78 is 27.5. The molecular weight excluding hydrogens is 284 g/mol. The zero-order valence-electron chi connectivity index (χ0n) is 13.1. The summed E-state index contributed by atoms with van der Waals surface area (Å²) in [5, 5.41) is 0. The molecule has 0 saturated carbocycles. The Kier molecular flexibility index (Phi) is 5.07. The van der Waals surface area contributed by atoms with Gasteiger partial charge in [0.05, 0.1) is 4.90 Å². The molecule has 21 heavy (non-hydrogen) atoms. The van der Waals surface area contributed by atoms with E-state index in [1.165, 1.54) is 0 Å². The molecular formula is C16H26N2O2S. The highest BCUT2D eigenvalue weighted by atomic mass is 32.2. The van der Waals surface area contributed by atoms with Gasteiger partial charge >= 0.3 is 0 Å². The normalized spacial score (nSPS) is 21.9. The average Bonchev–Trinajstić information content (AvgIpc) is 2.97. The molecule has 4 nitrogen and oxygen atoms in total. The van der Waals surface area contributed by atoms with Gasteiger partial charge in [-0.25, -0.2) is 8.42 Å². The third kappa shape index (κ3) is 3.30.